The molecule has 2 rings (SSSR count). The summed E-state index contributed by atoms with van der Waals surface area (Å²) in [4.78, 5) is 7.53. The average Bonchev–Trinajstić information content (AvgIpc) is 2.58. The van der Waals surface area contributed by atoms with E-state index in [0.717, 1.165) is 27.9 Å². The van der Waals surface area contributed by atoms with Gasteiger partial charge in [-0.05, 0) is 12.1 Å². The summed E-state index contributed by atoms with van der Waals surface area (Å²) < 4.78 is 5.11. The number of ether oxygens (including phenoxy) is 1. The largest absolute Gasteiger partial charge is 0.497 e. The summed E-state index contributed by atoms with van der Waals surface area (Å²) >= 11 is 3.35. The second kappa shape index (κ2) is 3.38. The molecule has 4 heteroatoms. The van der Waals surface area contributed by atoms with Crippen molar-refractivity contribution >= 4 is 27.0 Å². The van der Waals surface area contributed by atoms with Crippen LogP contribution in [0.5, 0.6) is 5.75 Å². The Labute approximate surface area is 84.3 Å². The minimum absolute atomic E-state index is 0.740. The van der Waals surface area contributed by atoms with E-state index in [4.69, 9.17) is 4.74 Å². The number of rotatable bonds is 2. The van der Waals surface area contributed by atoms with Gasteiger partial charge in [0.25, 0.3) is 0 Å². The Morgan fingerprint density at radius 2 is 2.38 bits per heavy atom. The minimum atomic E-state index is 0.740. The van der Waals surface area contributed by atoms with Crippen LogP contribution in [0.25, 0.3) is 11.0 Å². The molecule has 0 atom stereocenters. The quantitative estimate of drug-likeness (QED) is 0.820. The van der Waals surface area contributed by atoms with Crippen molar-refractivity contribution in [3.05, 3.63) is 24.0 Å². The Hall–Kier alpha value is -1.03. The number of nitrogens with zero attached hydrogens (tertiary/aromatic N) is 1. The zero-order valence-corrected chi connectivity index (χ0v) is 8.76. The van der Waals surface area contributed by atoms with E-state index in [0.29, 0.717) is 0 Å². The number of H-pyrrole nitrogens is 1. The summed E-state index contributed by atoms with van der Waals surface area (Å²) in [5.41, 5.74) is 1.98. The number of fused-ring (bicyclic) bond motifs is 1. The SMILES string of the molecule is COc1ccc2nc(CBr)[nH]c2c1. The number of hydrogen-bond acceptors (Lipinski definition) is 2. The lowest BCUT2D eigenvalue weighted by Crippen LogP contribution is -1.81. The van der Waals surface area contributed by atoms with Crippen molar-refractivity contribution in [3.8, 4) is 5.75 Å². The summed E-state index contributed by atoms with van der Waals surface area (Å²) in [5.74, 6) is 1.78. The van der Waals surface area contributed by atoms with Gasteiger partial charge in [0, 0.05) is 6.07 Å². The molecule has 68 valence electrons. The normalized spacial score (nSPS) is 10.6. The first-order valence-electron chi connectivity index (χ1n) is 3.92. The van der Waals surface area contributed by atoms with Crippen LogP contribution in [-0.4, -0.2) is 17.1 Å². The molecule has 0 saturated carbocycles. The zero-order valence-electron chi connectivity index (χ0n) is 7.17. The van der Waals surface area contributed by atoms with E-state index >= 15 is 0 Å². The van der Waals surface area contributed by atoms with Gasteiger partial charge in [-0.1, -0.05) is 15.9 Å². The molecule has 13 heavy (non-hydrogen) atoms. The van der Waals surface area contributed by atoms with E-state index in [9.17, 15) is 0 Å². The molecule has 2 aromatic rings. The van der Waals surface area contributed by atoms with E-state index < -0.39 is 0 Å². The molecule has 0 amide bonds. The van der Waals surface area contributed by atoms with E-state index in [1.54, 1.807) is 7.11 Å². The smallest absolute Gasteiger partial charge is 0.121 e. The maximum atomic E-state index is 5.11. The fourth-order valence-corrected chi connectivity index (χ4v) is 1.50. The standard InChI is InChI=1S/C9H9BrN2O/c1-13-6-2-3-7-8(4-6)12-9(5-10)11-7/h2-4H,5H2,1H3,(H,11,12). The maximum Gasteiger partial charge on any atom is 0.121 e. The highest BCUT2D eigenvalue weighted by Crippen LogP contribution is 2.19. The predicted molar refractivity (Wildman–Crippen MR) is 55.3 cm³/mol. The van der Waals surface area contributed by atoms with E-state index in [1.807, 2.05) is 18.2 Å². The maximum absolute atomic E-state index is 5.11. The average molecular weight is 241 g/mol. The van der Waals surface area contributed by atoms with Crippen LogP contribution in [-0.2, 0) is 5.33 Å². The molecule has 0 aliphatic heterocycles. The van der Waals surface area contributed by atoms with Gasteiger partial charge in [-0.2, -0.15) is 0 Å². The van der Waals surface area contributed by atoms with Crippen LogP contribution >= 0.6 is 15.9 Å². The van der Waals surface area contributed by atoms with Crippen molar-refractivity contribution in [2.24, 2.45) is 0 Å². The Bertz CT molecular complexity index is 422. The molecule has 0 unspecified atom stereocenters. The highest BCUT2D eigenvalue weighted by molar-refractivity contribution is 9.08. The summed E-state index contributed by atoms with van der Waals surface area (Å²) in [6.07, 6.45) is 0. The second-order valence-electron chi connectivity index (χ2n) is 2.70. The zero-order chi connectivity index (χ0) is 9.26. The van der Waals surface area contributed by atoms with Crippen LogP contribution in [0.4, 0.5) is 0 Å². The molecule has 1 aromatic heterocycles. The summed E-state index contributed by atoms with van der Waals surface area (Å²) in [6.45, 7) is 0. The first-order valence-corrected chi connectivity index (χ1v) is 5.04. The lowest BCUT2D eigenvalue weighted by Gasteiger charge is -1.96. The number of aromatic amines is 1. The lowest BCUT2D eigenvalue weighted by atomic mass is 10.3. The topological polar surface area (TPSA) is 37.9 Å². The number of halogens is 1. The van der Waals surface area contributed by atoms with Gasteiger partial charge in [-0.15, -0.1) is 0 Å². The molecule has 0 bridgehead atoms. The molecule has 3 nitrogen and oxygen atoms in total. The third kappa shape index (κ3) is 1.54. The van der Waals surface area contributed by atoms with Crippen molar-refractivity contribution < 1.29 is 4.74 Å². The molecule has 0 aliphatic carbocycles. The van der Waals surface area contributed by atoms with Crippen LogP contribution in [0.1, 0.15) is 5.82 Å². The van der Waals surface area contributed by atoms with Gasteiger partial charge >= 0.3 is 0 Å². The lowest BCUT2D eigenvalue weighted by molar-refractivity contribution is 0.415. The molecular weight excluding hydrogens is 232 g/mol. The molecule has 0 fully saturated rings. The number of alkyl halides is 1. The van der Waals surface area contributed by atoms with Crippen LogP contribution in [0, 0.1) is 0 Å². The molecule has 0 spiro atoms. The second-order valence-corrected chi connectivity index (χ2v) is 3.26. The molecule has 1 heterocycles. The van der Waals surface area contributed by atoms with Gasteiger partial charge in [-0.3, -0.25) is 0 Å². The van der Waals surface area contributed by atoms with Crippen molar-refractivity contribution in [1.82, 2.24) is 9.97 Å². The third-order valence-corrected chi connectivity index (χ3v) is 2.40. The van der Waals surface area contributed by atoms with Crippen LogP contribution in [0.3, 0.4) is 0 Å². The summed E-state index contributed by atoms with van der Waals surface area (Å²) in [7, 11) is 1.66. The highest BCUT2D eigenvalue weighted by atomic mass is 79.9. The molecule has 1 N–H and O–H groups in total. The number of aromatic nitrogens is 2. The summed E-state index contributed by atoms with van der Waals surface area (Å²) in [5, 5.41) is 0.740. The third-order valence-electron chi connectivity index (χ3n) is 1.86. The first-order chi connectivity index (χ1) is 6.33. The molecule has 0 saturated heterocycles. The molecular formula is C9H9BrN2O. The molecule has 0 radical (unpaired) electrons. The van der Waals surface area contributed by atoms with Gasteiger partial charge < -0.3 is 9.72 Å². The Kier molecular flexibility index (Phi) is 2.22. The van der Waals surface area contributed by atoms with Crippen LogP contribution in [0.15, 0.2) is 18.2 Å². The van der Waals surface area contributed by atoms with Gasteiger partial charge in [0.05, 0.1) is 23.5 Å². The first kappa shape index (κ1) is 8.56. The van der Waals surface area contributed by atoms with Gasteiger partial charge in [0.2, 0.25) is 0 Å². The fourth-order valence-electron chi connectivity index (χ4n) is 1.23. The number of hydrogen-bond donors (Lipinski definition) is 1. The van der Waals surface area contributed by atoms with Gasteiger partial charge in [0.1, 0.15) is 11.6 Å². The van der Waals surface area contributed by atoms with Gasteiger partial charge in [0.15, 0.2) is 0 Å². The van der Waals surface area contributed by atoms with Crippen LogP contribution in [0.2, 0.25) is 0 Å². The Morgan fingerprint density at radius 3 is 3.08 bits per heavy atom. The summed E-state index contributed by atoms with van der Waals surface area (Å²) in [6, 6.07) is 5.78. The fraction of sp³-hybridized carbons (Fsp3) is 0.222. The van der Waals surface area contributed by atoms with Crippen molar-refractivity contribution in [2.45, 2.75) is 5.33 Å². The predicted octanol–water partition coefficient (Wildman–Crippen LogP) is 2.47. The Morgan fingerprint density at radius 1 is 1.54 bits per heavy atom. The van der Waals surface area contributed by atoms with Crippen molar-refractivity contribution in [2.75, 3.05) is 7.11 Å². The van der Waals surface area contributed by atoms with Crippen molar-refractivity contribution in [3.63, 3.8) is 0 Å². The van der Waals surface area contributed by atoms with E-state index in [1.165, 1.54) is 0 Å². The molecule has 1 aromatic carbocycles. The van der Waals surface area contributed by atoms with Crippen molar-refractivity contribution in [1.29, 1.82) is 0 Å². The van der Waals surface area contributed by atoms with Gasteiger partial charge in [-0.25, -0.2) is 4.98 Å². The highest BCUT2D eigenvalue weighted by Gasteiger charge is 2.01. The van der Waals surface area contributed by atoms with Crippen LogP contribution < -0.4 is 4.74 Å². The molecule has 0 aliphatic rings. The van der Waals surface area contributed by atoms with E-state index in [-0.39, 0.29) is 0 Å². The number of methoxy groups -OCH3 is 1. The minimum Gasteiger partial charge on any atom is -0.497 e. The number of nitrogens with one attached hydrogen (secondary N) is 1. The Balaban J connectivity index is 2.57. The monoisotopic (exact) mass is 240 g/mol. The van der Waals surface area contributed by atoms with E-state index in [2.05, 4.69) is 25.9 Å². The number of imidazole rings is 1. The number of benzene rings is 1.